The molecule has 2 heterocycles. The number of thioether (sulfide) groups is 1. The Bertz CT molecular complexity index is 657. The number of carbonyl (C=O) groups excluding carboxylic acids is 1. The van der Waals surface area contributed by atoms with Crippen molar-refractivity contribution in [3.05, 3.63) is 35.9 Å². The topological polar surface area (TPSA) is 78.3 Å². The minimum Gasteiger partial charge on any atom is -0.339 e. The van der Waals surface area contributed by atoms with Gasteiger partial charge in [0.15, 0.2) is 20.8 Å². The van der Waals surface area contributed by atoms with E-state index in [1.54, 1.807) is 29.2 Å². The summed E-state index contributed by atoms with van der Waals surface area (Å²) in [5, 5.41) is 8.13. The maximum atomic E-state index is 12.2. The van der Waals surface area contributed by atoms with Gasteiger partial charge in [0.05, 0.1) is 24.1 Å². The molecule has 3 rings (SSSR count). The molecule has 0 radical (unpaired) electrons. The third kappa shape index (κ3) is 2.47. The molecule has 0 spiro atoms. The average Bonchev–Trinajstić information content (AvgIpc) is 2.84. The number of sulfone groups is 1. The highest BCUT2D eigenvalue weighted by Crippen LogP contribution is 2.37. The summed E-state index contributed by atoms with van der Waals surface area (Å²) in [7, 11) is -3.03. The second-order valence-corrected chi connectivity index (χ2v) is 8.40. The van der Waals surface area contributed by atoms with E-state index in [4.69, 9.17) is 5.41 Å². The molecular formula is C13H14N2O3S2. The van der Waals surface area contributed by atoms with Crippen LogP contribution in [-0.4, -0.2) is 53.6 Å². The number of nitrogens with one attached hydrogen (secondary N) is 1. The van der Waals surface area contributed by atoms with E-state index in [1.807, 2.05) is 6.07 Å². The van der Waals surface area contributed by atoms with Crippen LogP contribution in [0.15, 0.2) is 30.3 Å². The molecular weight excluding hydrogens is 296 g/mol. The van der Waals surface area contributed by atoms with Crippen molar-refractivity contribution in [2.75, 3.05) is 18.1 Å². The van der Waals surface area contributed by atoms with E-state index in [-0.39, 0.29) is 35.1 Å². The quantitative estimate of drug-likeness (QED) is 0.843. The highest BCUT2D eigenvalue weighted by molar-refractivity contribution is 8.15. The van der Waals surface area contributed by atoms with Crippen LogP contribution in [0.5, 0.6) is 0 Å². The number of amidine groups is 1. The first-order chi connectivity index (χ1) is 9.46. The lowest BCUT2D eigenvalue weighted by Gasteiger charge is -2.22. The predicted molar refractivity (Wildman–Crippen MR) is 79.0 cm³/mol. The minimum absolute atomic E-state index is 0.0507. The molecule has 106 valence electrons. The third-order valence-corrected chi connectivity index (χ3v) is 6.77. The van der Waals surface area contributed by atoms with Crippen LogP contribution >= 0.6 is 11.8 Å². The van der Waals surface area contributed by atoms with Gasteiger partial charge < -0.3 is 4.90 Å². The monoisotopic (exact) mass is 310 g/mol. The normalized spacial score (nSPS) is 27.6. The van der Waals surface area contributed by atoms with Gasteiger partial charge in [0.2, 0.25) is 0 Å². The molecule has 2 saturated heterocycles. The number of nitrogens with zero attached hydrogens (tertiary/aromatic N) is 1. The number of carbonyl (C=O) groups is 1. The summed E-state index contributed by atoms with van der Waals surface area (Å²) in [6, 6.07) is 8.66. The van der Waals surface area contributed by atoms with Crippen LogP contribution < -0.4 is 0 Å². The lowest BCUT2D eigenvalue weighted by molar-refractivity contribution is 0.0955. The fourth-order valence-corrected chi connectivity index (χ4v) is 6.45. The Morgan fingerprint density at radius 3 is 2.70 bits per heavy atom. The zero-order valence-electron chi connectivity index (χ0n) is 10.7. The Balaban J connectivity index is 1.77. The van der Waals surface area contributed by atoms with Crippen LogP contribution in [0.4, 0.5) is 0 Å². The summed E-state index contributed by atoms with van der Waals surface area (Å²) in [4.78, 5) is 13.8. The highest BCUT2D eigenvalue weighted by Gasteiger charge is 2.48. The highest BCUT2D eigenvalue weighted by atomic mass is 32.2. The molecule has 0 saturated carbocycles. The van der Waals surface area contributed by atoms with Crippen LogP contribution in [0, 0.1) is 5.41 Å². The van der Waals surface area contributed by atoms with Gasteiger partial charge in [-0.25, -0.2) is 8.42 Å². The van der Waals surface area contributed by atoms with Crippen molar-refractivity contribution >= 4 is 32.6 Å². The summed E-state index contributed by atoms with van der Waals surface area (Å²) in [6.45, 7) is 0.0759. The van der Waals surface area contributed by atoms with Gasteiger partial charge in [-0.1, -0.05) is 42.1 Å². The molecule has 0 aliphatic carbocycles. The van der Waals surface area contributed by atoms with Crippen molar-refractivity contribution < 1.29 is 13.2 Å². The summed E-state index contributed by atoms with van der Waals surface area (Å²) >= 11 is 1.26. The zero-order valence-corrected chi connectivity index (χ0v) is 12.3. The Morgan fingerprint density at radius 2 is 2.00 bits per heavy atom. The lowest BCUT2D eigenvalue weighted by Crippen LogP contribution is -2.40. The van der Waals surface area contributed by atoms with E-state index in [9.17, 15) is 13.2 Å². The van der Waals surface area contributed by atoms with E-state index < -0.39 is 9.84 Å². The molecule has 1 N–H and O–H groups in total. The molecule has 1 aromatic rings. The Morgan fingerprint density at radius 1 is 1.30 bits per heavy atom. The molecule has 0 unspecified atom stereocenters. The summed E-state index contributed by atoms with van der Waals surface area (Å²) in [5.74, 6) is 0.0801. The van der Waals surface area contributed by atoms with Crippen molar-refractivity contribution in [2.45, 2.75) is 11.3 Å². The van der Waals surface area contributed by atoms with Crippen molar-refractivity contribution in [3.63, 3.8) is 0 Å². The Kier molecular flexibility index (Phi) is 3.33. The van der Waals surface area contributed by atoms with Gasteiger partial charge in [-0.2, -0.15) is 0 Å². The molecule has 2 atom stereocenters. The smallest absolute Gasteiger partial charge is 0.182 e. The van der Waals surface area contributed by atoms with E-state index in [1.165, 1.54) is 11.8 Å². The van der Waals surface area contributed by atoms with Gasteiger partial charge in [-0.3, -0.25) is 10.2 Å². The van der Waals surface area contributed by atoms with Crippen molar-refractivity contribution in [3.8, 4) is 0 Å². The minimum atomic E-state index is -3.03. The van der Waals surface area contributed by atoms with Crippen molar-refractivity contribution in [1.82, 2.24) is 4.90 Å². The lowest BCUT2D eigenvalue weighted by atomic mass is 10.1. The largest absolute Gasteiger partial charge is 0.339 e. The molecule has 0 amide bonds. The van der Waals surface area contributed by atoms with E-state index in [2.05, 4.69) is 0 Å². The van der Waals surface area contributed by atoms with Gasteiger partial charge in [-0.05, 0) is 0 Å². The molecule has 20 heavy (non-hydrogen) atoms. The number of hydrogen-bond acceptors (Lipinski definition) is 5. The number of benzene rings is 1. The number of rotatable bonds is 3. The van der Waals surface area contributed by atoms with Crippen molar-refractivity contribution in [2.24, 2.45) is 0 Å². The van der Waals surface area contributed by atoms with Gasteiger partial charge in [0.1, 0.15) is 0 Å². The average molecular weight is 310 g/mol. The summed E-state index contributed by atoms with van der Waals surface area (Å²) in [5.41, 5.74) is 0.592. The molecule has 1 aromatic carbocycles. The molecule has 0 bridgehead atoms. The maximum absolute atomic E-state index is 12.2. The van der Waals surface area contributed by atoms with Gasteiger partial charge in [0, 0.05) is 10.8 Å². The summed E-state index contributed by atoms with van der Waals surface area (Å²) in [6.07, 6.45) is 0. The maximum Gasteiger partial charge on any atom is 0.182 e. The number of fused-ring (bicyclic) bond motifs is 1. The van der Waals surface area contributed by atoms with E-state index in [0.717, 1.165) is 0 Å². The fraction of sp³-hybridized carbons (Fsp3) is 0.385. The SMILES string of the molecule is N=C1S[C@H]2CS(=O)(=O)C[C@H]2N1CC(=O)c1ccccc1. The van der Waals surface area contributed by atoms with Crippen LogP contribution in [0.3, 0.4) is 0 Å². The standard InChI is InChI=1S/C13H14N2O3S2/c14-13-15(6-11(16)9-4-2-1-3-5-9)10-7-20(17,18)8-12(10)19-13/h1-5,10,12,14H,6-8H2/t10-,12+/m1/s1. The zero-order chi connectivity index (χ0) is 14.3. The van der Waals surface area contributed by atoms with Crippen LogP contribution in [0.2, 0.25) is 0 Å². The fourth-order valence-electron chi connectivity index (χ4n) is 2.62. The van der Waals surface area contributed by atoms with Crippen LogP contribution in [0.25, 0.3) is 0 Å². The first-order valence-electron chi connectivity index (χ1n) is 6.27. The molecule has 5 nitrogen and oxygen atoms in total. The molecule has 0 aromatic heterocycles. The molecule has 2 fully saturated rings. The first kappa shape index (κ1) is 13.6. The van der Waals surface area contributed by atoms with Crippen molar-refractivity contribution in [1.29, 1.82) is 5.41 Å². The van der Waals surface area contributed by atoms with Crippen LogP contribution in [0.1, 0.15) is 10.4 Å². The Labute approximate surface area is 121 Å². The molecule has 7 heteroatoms. The van der Waals surface area contributed by atoms with Crippen LogP contribution in [-0.2, 0) is 9.84 Å². The Hall–Kier alpha value is -1.34. The van der Waals surface area contributed by atoms with Gasteiger partial charge in [0.25, 0.3) is 0 Å². The second kappa shape index (κ2) is 4.89. The van der Waals surface area contributed by atoms with E-state index >= 15 is 0 Å². The van der Waals surface area contributed by atoms with Gasteiger partial charge >= 0.3 is 0 Å². The van der Waals surface area contributed by atoms with Gasteiger partial charge in [-0.15, -0.1) is 0 Å². The van der Waals surface area contributed by atoms with E-state index in [0.29, 0.717) is 10.7 Å². The number of hydrogen-bond donors (Lipinski definition) is 1. The first-order valence-corrected chi connectivity index (χ1v) is 8.97. The predicted octanol–water partition coefficient (Wildman–Crippen LogP) is 1.02. The molecule has 2 aliphatic rings. The number of Topliss-reactive ketones (excluding diaryl/α,β-unsaturated/α-hetero) is 1. The third-order valence-electron chi connectivity index (χ3n) is 3.61. The number of ketones is 1. The second-order valence-electron chi connectivity index (χ2n) is 5.02. The summed E-state index contributed by atoms with van der Waals surface area (Å²) < 4.78 is 23.3. The molecule has 2 aliphatic heterocycles.